The molecule has 0 bridgehead atoms. The van der Waals surface area contributed by atoms with Gasteiger partial charge >= 0.3 is 5.97 Å². The number of aryl methyl sites for hydroxylation is 1. The molecule has 1 aromatic heterocycles. The molecule has 0 aliphatic rings. The van der Waals surface area contributed by atoms with Gasteiger partial charge in [-0.1, -0.05) is 23.2 Å². The molecule has 6 heteroatoms. The Morgan fingerprint density at radius 2 is 1.96 bits per heavy atom. The van der Waals surface area contributed by atoms with Crippen molar-refractivity contribution in [1.82, 2.24) is 4.98 Å². The first-order valence-corrected chi connectivity index (χ1v) is 8.18. The highest BCUT2D eigenvalue weighted by Gasteiger charge is 2.15. The molecule has 0 atom stereocenters. The molecular formula is C18H14Cl2FNO2. The zero-order chi connectivity index (χ0) is 17.3. The van der Waals surface area contributed by atoms with E-state index in [1.165, 1.54) is 6.07 Å². The lowest BCUT2D eigenvalue weighted by molar-refractivity contribution is -0.137. The lowest BCUT2D eigenvalue weighted by Gasteiger charge is -2.06. The van der Waals surface area contributed by atoms with Gasteiger partial charge in [-0.25, -0.2) is 4.39 Å². The van der Waals surface area contributed by atoms with Gasteiger partial charge in [-0.2, -0.15) is 0 Å². The van der Waals surface area contributed by atoms with Gasteiger partial charge in [0.15, 0.2) is 0 Å². The number of benzene rings is 2. The standard InChI is InChI=1S/C18H14Cl2FNO2/c19-11-5-7-16-13(9-11)12(2-1-3-17(23)24)18(22-16)10-4-6-15(21)14(20)8-10/h4-9,22H,1-3H2,(H,23,24). The molecule has 0 amide bonds. The Morgan fingerprint density at radius 1 is 1.17 bits per heavy atom. The number of hydrogen-bond acceptors (Lipinski definition) is 1. The minimum absolute atomic E-state index is 0.0423. The van der Waals surface area contributed by atoms with Gasteiger partial charge in [0.05, 0.1) is 5.02 Å². The first-order chi connectivity index (χ1) is 11.5. The molecule has 0 unspecified atom stereocenters. The number of aromatic nitrogens is 1. The van der Waals surface area contributed by atoms with Crippen LogP contribution in [0.3, 0.4) is 0 Å². The minimum Gasteiger partial charge on any atom is -0.481 e. The predicted molar refractivity (Wildman–Crippen MR) is 94.3 cm³/mol. The summed E-state index contributed by atoms with van der Waals surface area (Å²) < 4.78 is 13.4. The molecule has 0 spiro atoms. The molecular weight excluding hydrogens is 352 g/mol. The Balaban J connectivity index is 2.11. The zero-order valence-electron chi connectivity index (χ0n) is 12.6. The van der Waals surface area contributed by atoms with Gasteiger partial charge in [0.25, 0.3) is 0 Å². The van der Waals surface area contributed by atoms with E-state index in [0.717, 1.165) is 27.7 Å². The fourth-order valence-electron chi connectivity index (χ4n) is 2.79. The molecule has 124 valence electrons. The number of carboxylic acids is 1. The summed E-state index contributed by atoms with van der Waals surface area (Å²) in [6, 6.07) is 10.0. The van der Waals surface area contributed by atoms with Crippen molar-refractivity contribution in [2.45, 2.75) is 19.3 Å². The molecule has 3 aromatic rings. The highest BCUT2D eigenvalue weighted by Crippen LogP contribution is 2.34. The van der Waals surface area contributed by atoms with Gasteiger partial charge in [0.1, 0.15) is 5.82 Å². The quantitative estimate of drug-likeness (QED) is 0.610. The second-order valence-electron chi connectivity index (χ2n) is 5.54. The smallest absolute Gasteiger partial charge is 0.303 e. The molecule has 0 aliphatic carbocycles. The van der Waals surface area contributed by atoms with Crippen molar-refractivity contribution in [3.05, 3.63) is 57.8 Å². The fraction of sp³-hybridized carbons (Fsp3) is 0.167. The van der Waals surface area contributed by atoms with E-state index in [9.17, 15) is 9.18 Å². The van der Waals surface area contributed by atoms with Crippen molar-refractivity contribution in [2.75, 3.05) is 0 Å². The first kappa shape index (κ1) is 16.8. The maximum atomic E-state index is 13.4. The average Bonchev–Trinajstić information content (AvgIpc) is 2.88. The number of aliphatic carboxylic acids is 1. The van der Waals surface area contributed by atoms with Crippen LogP contribution in [0.4, 0.5) is 4.39 Å². The number of nitrogens with one attached hydrogen (secondary N) is 1. The van der Waals surface area contributed by atoms with Gasteiger partial charge in [0, 0.05) is 28.0 Å². The molecule has 0 saturated heterocycles. The summed E-state index contributed by atoms with van der Waals surface area (Å²) in [4.78, 5) is 14.1. The van der Waals surface area contributed by atoms with Gasteiger partial charge in [-0.3, -0.25) is 4.79 Å². The first-order valence-electron chi connectivity index (χ1n) is 7.43. The van der Waals surface area contributed by atoms with Crippen LogP contribution >= 0.6 is 23.2 Å². The SMILES string of the molecule is O=C(O)CCCc1c(-c2ccc(F)c(Cl)c2)[nH]c2ccc(Cl)cc12. The summed E-state index contributed by atoms with van der Waals surface area (Å²) in [6.07, 6.45) is 1.14. The van der Waals surface area contributed by atoms with Gasteiger partial charge in [-0.05, 0) is 60.4 Å². The van der Waals surface area contributed by atoms with Gasteiger partial charge < -0.3 is 10.1 Å². The summed E-state index contributed by atoms with van der Waals surface area (Å²) in [6.45, 7) is 0. The second kappa shape index (κ2) is 6.83. The topological polar surface area (TPSA) is 53.1 Å². The summed E-state index contributed by atoms with van der Waals surface area (Å²) in [5.74, 6) is -1.31. The van der Waals surface area contributed by atoms with Gasteiger partial charge in [0.2, 0.25) is 0 Å². The largest absolute Gasteiger partial charge is 0.481 e. The monoisotopic (exact) mass is 365 g/mol. The normalized spacial score (nSPS) is 11.1. The van der Waals surface area contributed by atoms with Crippen LogP contribution in [0.25, 0.3) is 22.2 Å². The minimum atomic E-state index is -0.834. The number of halogens is 3. The maximum absolute atomic E-state index is 13.4. The van der Waals surface area contributed by atoms with Gasteiger partial charge in [-0.15, -0.1) is 0 Å². The molecule has 3 nitrogen and oxygen atoms in total. The molecule has 0 saturated carbocycles. The summed E-state index contributed by atoms with van der Waals surface area (Å²) >= 11 is 12.0. The second-order valence-corrected chi connectivity index (χ2v) is 6.39. The number of H-pyrrole nitrogens is 1. The van der Waals surface area contributed by atoms with E-state index in [2.05, 4.69) is 4.98 Å². The maximum Gasteiger partial charge on any atom is 0.303 e. The van der Waals surface area contributed by atoms with E-state index in [4.69, 9.17) is 28.3 Å². The van der Waals surface area contributed by atoms with Crippen molar-refractivity contribution >= 4 is 40.1 Å². The van der Waals surface area contributed by atoms with Crippen LogP contribution in [0.2, 0.25) is 10.0 Å². The molecule has 0 radical (unpaired) electrons. The lowest BCUT2D eigenvalue weighted by atomic mass is 10.0. The number of carboxylic acid groups (broad SMARTS) is 1. The molecule has 1 heterocycles. The third-order valence-corrected chi connectivity index (χ3v) is 4.42. The third-order valence-electron chi connectivity index (χ3n) is 3.89. The van der Waals surface area contributed by atoms with E-state index in [-0.39, 0.29) is 11.4 Å². The van der Waals surface area contributed by atoms with Crippen molar-refractivity contribution in [3.8, 4) is 11.3 Å². The molecule has 2 N–H and O–H groups in total. The van der Waals surface area contributed by atoms with E-state index in [0.29, 0.717) is 17.9 Å². The summed E-state index contributed by atoms with van der Waals surface area (Å²) in [7, 11) is 0. The number of aromatic amines is 1. The van der Waals surface area contributed by atoms with E-state index >= 15 is 0 Å². The highest BCUT2D eigenvalue weighted by molar-refractivity contribution is 6.31. The van der Waals surface area contributed by atoms with E-state index < -0.39 is 11.8 Å². The van der Waals surface area contributed by atoms with Crippen LogP contribution < -0.4 is 0 Å². The third kappa shape index (κ3) is 3.40. The number of carbonyl (C=O) groups is 1. The molecule has 0 fully saturated rings. The van der Waals surface area contributed by atoms with Crippen molar-refractivity contribution in [3.63, 3.8) is 0 Å². The van der Waals surface area contributed by atoms with Crippen molar-refractivity contribution in [2.24, 2.45) is 0 Å². The Morgan fingerprint density at radius 3 is 2.67 bits per heavy atom. The Bertz CT molecular complexity index is 921. The number of fused-ring (bicyclic) bond motifs is 1. The predicted octanol–water partition coefficient (Wildman–Crippen LogP) is 5.69. The number of hydrogen-bond donors (Lipinski definition) is 2. The van der Waals surface area contributed by atoms with Crippen LogP contribution in [-0.4, -0.2) is 16.1 Å². The Hall–Kier alpha value is -2.04. The molecule has 3 rings (SSSR count). The van der Waals surface area contributed by atoms with Crippen molar-refractivity contribution in [1.29, 1.82) is 0 Å². The van der Waals surface area contributed by atoms with Crippen LogP contribution in [0.5, 0.6) is 0 Å². The number of rotatable bonds is 5. The highest BCUT2D eigenvalue weighted by atomic mass is 35.5. The molecule has 24 heavy (non-hydrogen) atoms. The Kier molecular flexibility index (Phi) is 4.78. The summed E-state index contributed by atoms with van der Waals surface area (Å²) in [5.41, 5.74) is 3.40. The van der Waals surface area contributed by atoms with Crippen LogP contribution in [0, 0.1) is 5.82 Å². The van der Waals surface area contributed by atoms with Crippen LogP contribution in [0.1, 0.15) is 18.4 Å². The Labute approximate surface area is 148 Å². The van der Waals surface area contributed by atoms with Crippen LogP contribution in [-0.2, 0) is 11.2 Å². The van der Waals surface area contributed by atoms with Crippen LogP contribution in [0.15, 0.2) is 36.4 Å². The molecule has 0 aliphatic heterocycles. The van der Waals surface area contributed by atoms with Crippen molar-refractivity contribution < 1.29 is 14.3 Å². The summed E-state index contributed by atoms with van der Waals surface area (Å²) in [5, 5.41) is 10.4. The lowest BCUT2D eigenvalue weighted by Crippen LogP contribution is -1.96. The average molecular weight is 366 g/mol. The zero-order valence-corrected chi connectivity index (χ0v) is 14.1. The fourth-order valence-corrected chi connectivity index (χ4v) is 3.15. The van der Waals surface area contributed by atoms with E-state index in [1.807, 2.05) is 12.1 Å². The van der Waals surface area contributed by atoms with E-state index in [1.54, 1.807) is 18.2 Å². The molecule has 2 aromatic carbocycles.